The van der Waals surface area contributed by atoms with Crippen LogP contribution in [-0.2, 0) is 26.0 Å². The van der Waals surface area contributed by atoms with Crippen LogP contribution < -0.4 is 15.6 Å². The number of nitrogens with one attached hydrogen (secondary N) is 2. The number of aryl methyl sites for hydroxylation is 1. The van der Waals surface area contributed by atoms with Crippen LogP contribution in [0.25, 0.3) is 0 Å². The van der Waals surface area contributed by atoms with Gasteiger partial charge in [-0.2, -0.15) is 4.31 Å². The third-order valence-electron chi connectivity index (χ3n) is 4.36. The van der Waals surface area contributed by atoms with Gasteiger partial charge in [-0.05, 0) is 30.7 Å². The van der Waals surface area contributed by atoms with E-state index in [1.165, 1.54) is 19.2 Å². The number of sulfonamides is 1. The van der Waals surface area contributed by atoms with Crippen LogP contribution in [0.5, 0.6) is 5.75 Å². The first kappa shape index (κ1) is 19.8. The summed E-state index contributed by atoms with van der Waals surface area (Å²) >= 11 is 0. The number of likely N-dealkylation sites (N-methyl/N-ethyl adjacent to an activating group) is 1. The number of hydrogen-bond donors (Lipinski definition) is 2. The molecule has 2 aromatic carbocycles. The number of ether oxygens (including phenoxy) is 1. The van der Waals surface area contributed by atoms with Gasteiger partial charge in [0.1, 0.15) is 5.75 Å². The first-order chi connectivity index (χ1) is 13.3. The van der Waals surface area contributed by atoms with Crippen molar-refractivity contribution in [3.05, 3.63) is 59.7 Å². The first-order valence-corrected chi connectivity index (χ1v) is 10.1. The largest absolute Gasteiger partial charge is 0.480 e. The maximum absolute atomic E-state index is 12.5. The smallest absolute Gasteiger partial charge is 0.279 e. The van der Waals surface area contributed by atoms with Gasteiger partial charge in [0, 0.05) is 13.5 Å². The number of carbonyl (C=O) groups is 2. The molecule has 2 N–H and O–H groups in total. The molecule has 0 fully saturated rings. The number of rotatable bonds is 5. The van der Waals surface area contributed by atoms with E-state index in [0.29, 0.717) is 12.2 Å². The molecule has 1 atom stereocenters. The Morgan fingerprint density at radius 3 is 2.46 bits per heavy atom. The molecule has 1 aliphatic heterocycles. The van der Waals surface area contributed by atoms with E-state index in [4.69, 9.17) is 4.74 Å². The highest BCUT2D eigenvalue weighted by Crippen LogP contribution is 2.27. The van der Waals surface area contributed by atoms with E-state index < -0.39 is 34.5 Å². The topological polar surface area (TPSA) is 105 Å². The molecule has 0 aromatic heterocycles. The molecule has 0 unspecified atom stereocenters. The minimum atomic E-state index is -3.81. The van der Waals surface area contributed by atoms with Gasteiger partial charge < -0.3 is 4.74 Å². The average molecular weight is 403 g/mol. The number of hydrogen-bond acceptors (Lipinski definition) is 5. The van der Waals surface area contributed by atoms with Crippen molar-refractivity contribution in [1.82, 2.24) is 15.2 Å². The number of nitrogens with zero attached hydrogens (tertiary/aromatic N) is 1. The lowest BCUT2D eigenvalue weighted by Gasteiger charge is -2.18. The molecule has 8 nitrogen and oxygen atoms in total. The Kier molecular flexibility index (Phi) is 5.66. The van der Waals surface area contributed by atoms with Gasteiger partial charge in [0.2, 0.25) is 10.0 Å². The fourth-order valence-corrected chi connectivity index (χ4v) is 3.88. The van der Waals surface area contributed by atoms with Gasteiger partial charge in [-0.3, -0.25) is 20.4 Å². The SMILES string of the molecule is Cc1ccc(S(=O)(=O)N(C)CC(=O)NNC(=O)[C@H]2Cc3ccccc3O2)cc1. The molecule has 1 aliphatic rings. The molecule has 28 heavy (non-hydrogen) atoms. The number of carbonyl (C=O) groups excluding carboxylic acids is 2. The van der Waals surface area contributed by atoms with E-state index in [9.17, 15) is 18.0 Å². The molecule has 0 saturated carbocycles. The second-order valence-corrected chi connectivity index (χ2v) is 8.57. The molecular formula is C19H21N3O5S. The Hall–Kier alpha value is -2.91. The van der Waals surface area contributed by atoms with Crippen LogP contribution in [0.2, 0.25) is 0 Å². The van der Waals surface area contributed by atoms with Crippen LogP contribution in [-0.4, -0.2) is 44.2 Å². The first-order valence-electron chi connectivity index (χ1n) is 8.63. The lowest BCUT2D eigenvalue weighted by atomic mass is 10.1. The highest BCUT2D eigenvalue weighted by molar-refractivity contribution is 7.89. The van der Waals surface area contributed by atoms with Gasteiger partial charge in [0.15, 0.2) is 6.10 Å². The molecule has 1 heterocycles. The van der Waals surface area contributed by atoms with Crippen molar-refractivity contribution < 1.29 is 22.7 Å². The molecular weight excluding hydrogens is 382 g/mol. The monoisotopic (exact) mass is 403 g/mol. The van der Waals surface area contributed by atoms with Crippen molar-refractivity contribution in [2.45, 2.75) is 24.3 Å². The number of benzene rings is 2. The van der Waals surface area contributed by atoms with Gasteiger partial charge in [-0.1, -0.05) is 35.9 Å². The van der Waals surface area contributed by atoms with Crippen LogP contribution in [0.4, 0.5) is 0 Å². The summed E-state index contributed by atoms with van der Waals surface area (Å²) in [6.45, 7) is 1.41. The van der Waals surface area contributed by atoms with Crippen LogP contribution >= 0.6 is 0 Å². The minimum Gasteiger partial charge on any atom is -0.480 e. The fraction of sp³-hybridized carbons (Fsp3) is 0.263. The molecule has 2 aromatic rings. The summed E-state index contributed by atoms with van der Waals surface area (Å²) in [6, 6.07) is 13.6. The number of para-hydroxylation sites is 1. The van der Waals surface area contributed by atoms with E-state index in [-0.39, 0.29) is 4.90 Å². The van der Waals surface area contributed by atoms with Crippen molar-refractivity contribution in [2.24, 2.45) is 0 Å². The average Bonchev–Trinajstić information content (AvgIpc) is 3.10. The van der Waals surface area contributed by atoms with E-state index in [0.717, 1.165) is 15.4 Å². The van der Waals surface area contributed by atoms with Crippen molar-refractivity contribution in [3.63, 3.8) is 0 Å². The minimum absolute atomic E-state index is 0.0922. The van der Waals surface area contributed by atoms with E-state index in [2.05, 4.69) is 10.9 Å². The molecule has 0 radical (unpaired) electrons. The van der Waals surface area contributed by atoms with Crippen molar-refractivity contribution in [1.29, 1.82) is 0 Å². The van der Waals surface area contributed by atoms with Crippen LogP contribution in [0.1, 0.15) is 11.1 Å². The summed E-state index contributed by atoms with van der Waals surface area (Å²) in [7, 11) is -2.51. The zero-order valence-corrected chi connectivity index (χ0v) is 16.3. The normalized spacial score (nSPS) is 15.6. The second kappa shape index (κ2) is 7.99. The van der Waals surface area contributed by atoms with Gasteiger partial charge in [-0.15, -0.1) is 0 Å². The molecule has 2 amide bonds. The van der Waals surface area contributed by atoms with Gasteiger partial charge in [0.05, 0.1) is 11.4 Å². The number of amides is 2. The Morgan fingerprint density at radius 1 is 1.11 bits per heavy atom. The highest BCUT2D eigenvalue weighted by Gasteiger charge is 2.29. The van der Waals surface area contributed by atoms with E-state index in [1.54, 1.807) is 18.2 Å². The summed E-state index contributed by atoms with van der Waals surface area (Å²) in [4.78, 5) is 24.3. The molecule has 0 saturated heterocycles. The Labute approximate surface area is 163 Å². The van der Waals surface area contributed by atoms with E-state index >= 15 is 0 Å². The van der Waals surface area contributed by atoms with Crippen molar-refractivity contribution in [2.75, 3.05) is 13.6 Å². The maximum atomic E-state index is 12.5. The Balaban J connectivity index is 1.51. The lowest BCUT2D eigenvalue weighted by molar-refractivity contribution is -0.132. The second-order valence-electron chi connectivity index (χ2n) is 6.53. The Morgan fingerprint density at radius 2 is 1.79 bits per heavy atom. The zero-order chi connectivity index (χ0) is 20.3. The quantitative estimate of drug-likeness (QED) is 0.718. The maximum Gasteiger partial charge on any atom is 0.279 e. The molecule has 148 valence electrons. The fourth-order valence-electron chi connectivity index (χ4n) is 2.76. The molecule has 3 rings (SSSR count). The summed E-state index contributed by atoms with van der Waals surface area (Å²) in [5.74, 6) is -0.534. The third-order valence-corrected chi connectivity index (χ3v) is 6.18. The third kappa shape index (κ3) is 4.32. The summed E-state index contributed by atoms with van der Waals surface area (Å²) in [5.41, 5.74) is 6.35. The summed E-state index contributed by atoms with van der Waals surface area (Å²) in [5, 5.41) is 0. The highest BCUT2D eigenvalue weighted by atomic mass is 32.2. The molecule has 0 bridgehead atoms. The van der Waals surface area contributed by atoms with Gasteiger partial charge >= 0.3 is 0 Å². The van der Waals surface area contributed by atoms with Crippen molar-refractivity contribution >= 4 is 21.8 Å². The lowest BCUT2D eigenvalue weighted by Crippen LogP contribution is -2.50. The van der Waals surface area contributed by atoms with Crippen LogP contribution in [0, 0.1) is 6.92 Å². The summed E-state index contributed by atoms with van der Waals surface area (Å²) in [6.07, 6.45) is -0.341. The molecule has 0 aliphatic carbocycles. The number of hydrazine groups is 1. The molecule has 9 heteroatoms. The Bertz CT molecular complexity index is 964. The van der Waals surface area contributed by atoms with Crippen LogP contribution in [0.15, 0.2) is 53.4 Å². The predicted molar refractivity (Wildman–Crippen MR) is 102 cm³/mol. The van der Waals surface area contributed by atoms with Crippen molar-refractivity contribution in [3.8, 4) is 5.75 Å². The number of fused-ring (bicyclic) bond motifs is 1. The van der Waals surface area contributed by atoms with Gasteiger partial charge in [-0.25, -0.2) is 8.42 Å². The van der Waals surface area contributed by atoms with Gasteiger partial charge in [0.25, 0.3) is 11.8 Å². The standard InChI is InChI=1S/C19H21N3O5S/c1-13-7-9-15(10-8-13)28(25,26)22(2)12-18(23)20-21-19(24)17-11-14-5-3-4-6-16(14)27-17/h3-10,17H,11-12H2,1-2H3,(H,20,23)(H,21,24)/t17-/m1/s1. The zero-order valence-electron chi connectivity index (χ0n) is 15.5. The summed E-state index contributed by atoms with van der Waals surface area (Å²) < 4.78 is 31.4. The van der Waals surface area contributed by atoms with E-state index in [1.807, 2.05) is 25.1 Å². The molecule has 0 spiro atoms. The predicted octanol–water partition coefficient (Wildman–Crippen LogP) is 0.767. The van der Waals surface area contributed by atoms with Crippen LogP contribution in [0.3, 0.4) is 0 Å².